The van der Waals surface area contributed by atoms with Gasteiger partial charge in [-0.2, -0.15) is 0 Å². The topological polar surface area (TPSA) is 92.8 Å². The van der Waals surface area contributed by atoms with Crippen molar-refractivity contribution in [3.63, 3.8) is 0 Å². The Morgan fingerprint density at radius 2 is 1.55 bits per heavy atom. The number of esters is 1. The van der Waals surface area contributed by atoms with Gasteiger partial charge >= 0.3 is 5.97 Å². The highest BCUT2D eigenvalue weighted by molar-refractivity contribution is 9.10. The van der Waals surface area contributed by atoms with Gasteiger partial charge in [0.25, 0.3) is 17.7 Å². The van der Waals surface area contributed by atoms with Crippen molar-refractivity contribution in [3.8, 4) is 0 Å². The van der Waals surface area contributed by atoms with Gasteiger partial charge < -0.3 is 10.1 Å². The smallest absolute Gasteiger partial charge is 0.330 e. The van der Waals surface area contributed by atoms with Gasteiger partial charge in [-0.3, -0.25) is 19.3 Å². The number of benzene rings is 2. The number of ether oxygens (including phenoxy) is 1. The SMILES string of the molecule is CC(C)[C@@H](C(=O)OCC(=O)Nc1ccccc1Br)N1C(=O)c2ccccc2C1=O. The Balaban J connectivity index is 1.69. The van der Waals surface area contributed by atoms with E-state index in [2.05, 4.69) is 21.2 Å². The molecule has 0 aromatic heterocycles. The molecule has 1 aliphatic rings. The number of carbonyl (C=O) groups is 4. The first kappa shape index (κ1) is 20.7. The predicted octanol–water partition coefficient (Wildman–Crippen LogP) is 3.25. The number of nitrogens with one attached hydrogen (secondary N) is 1. The Bertz CT molecular complexity index is 954. The number of para-hydroxylation sites is 1. The summed E-state index contributed by atoms with van der Waals surface area (Å²) in [6.45, 7) is 2.87. The third-order valence-corrected chi connectivity index (χ3v) is 5.16. The lowest BCUT2D eigenvalue weighted by atomic mass is 10.0. The summed E-state index contributed by atoms with van der Waals surface area (Å²) in [6.07, 6.45) is 0. The van der Waals surface area contributed by atoms with Crippen LogP contribution in [0.1, 0.15) is 34.6 Å². The molecule has 3 rings (SSSR count). The lowest BCUT2D eigenvalue weighted by Crippen LogP contribution is -2.49. The number of halogens is 1. The molecule has 0 spiro atoms. The Hall–Kier alpha value is -3.00. The molecule has 0 saturated carbocycles. The van der Waals surface area contributed by atoms with Crippen LogP contribution in [0.3, 0.4) is 0 Å². The van der Waals surface area contributed by atoms with Crippen molar-refractivity contribution >= 4 is 45.3 Å². The van der Waals surface area contributed by atoms with Crippen molar-refractivity contribution in [2.45, 2.75) is 19.9 Å². The summed E-state index contributed by atoms with van der Waals surface area (Å²) in [4.78, 5) is 51.1. The first-order chi connectivity index (χ1) is 13.8. The molecule has 2 aromatic rings. The van der Waals surface area contributed by atoms with Crippen LogP contribution in [0, 0.1) is 5.92 Å². The van der Waals surface area contributed by atoms with Crippen molar-refractivity contribution in [2.24, 2.45) is 5.92 Å². The number of hydrogen-bond acceptors (Lipinski definition) is 5. The van der Waals surface area contributed by atoms with Crippen molar-refractivity contribution in [3.05, 3.63) is 64.1 Å². The largest absolute Gasteiger partial charge is 0.454 e. The molecule has 2 aromatic carbocycles. The zero-order valence-corrected chi connectivity index (χ0v) is 17.4. The molecule has 0 fully saturated rings. The molecule has 0 bridgehead atoms. The van der Waals surface area contributed by atoms with Gasteiger partial charge in [-0.15, -0.1) is 0 Å². The normalized spacial score (nSPS) is 14.0. The zero-order valence-electron chi connectivity index (χ0n) is 15.8. The Morgan fingerprint density at radius 3 is 2.10 bits per heavy atom. The maximum absolute atomic E-state index is 12.7. The van der Waals surface area contributed by atoms with Gasteiger partial charge in [0, 0.05) is 4.47 Å². The van der Waals surface area contributed by atoms with Crippen molar-refractivity contribution in [1.29, 1.82) is 0 Å². The summed E-state index contributed by atoms with van der Waals surface area (Å²) in [5.41, 5.74) is 1.04. The highest BCUT2D eigenvalue weighted by Gasteiger charge is 2.44. The number of amides is 3. The van der Waals surface area contributed by atoms with Gasteiger partial charge in [0.15, 0.2) is 6.61 Å². The lowest BCUT2D eigenvalue weighted by Gasteiger charge is -2.27. The number of anilines is 1. The lowest BCUT2D eigenvalue weighted by molar-refractivity contribution is -0.152. The van der Waals surface area contributed by atoms with Crippen molar-refractivity contribution in [1.82, 2.24) is 4.90 Å². The minimum absolute atomic E-state index is 0.252. The van der Waals surface area contributed by atoms with Crippen LogP contribution < -0.4 is 5.32 Å². The molecule has 3 amide bonds. The summed E-state index contributed by atoms with van der Waals surface area (Å²) in [5.74, 6) is -2.82. The van der Waals surface area contributed by atoms with Crippen LogP contribution in [0.25, 0.3) is 0 Å². The third kappa shape index (κ3) is 4.22. The standard InChI is InChI=1S/C21H19BrN2O5/c1-12(2)18(24-19(26)13-7-3-4-8-14(13)20(24)27)21(28)29-11-17(25)23-16-10-6-5-9-15(16)22/h3-10,12,18H,11H2,1-2H3,(H,23,25)/t18-/m0/s1. The van der Waals surface area contributed by atoms with E-state index in [1.165, 1.54) is 0 Å². The van der Waals surface area contributed by atoms with E-state index < -0.39 is 42.3 Å². The number of carbonyl (C=O) groups excluding carboxylic acids is 4. The molecule has 0 unspecified atom stereocenters. The molecule has 1 N–H and O–H groups in total. The summed E-state index contributed by atoms with van der Waals surface area (Å²) in [5, 5.41) is 2.62. The molecule has 7 nitrogen and oxygen atoms in total. The molecule has 150 valence electrons. The summed E-state index contributed by atoms with van der Waals surface area (Å²) < 4.78 is 5.82. The van der Waals surface area contributed by atoms with E-state index >= 15 is 0 Å². The van der Waals surface area contributed by atoms with Gasteiger partial charge in [0.1, 0.15) is 6.04 Å². The van der Waals surface area contributed by atoms with Crippen molar-refractivity contribution in [2.75, 3.05) is 11.9 Å². The van der Waals surface area contributed by atoms with Gasteiger partial charge in [-0.1, -0.05) is 38.1 Å². The average Bonchev–Trinajstić information content (AvgIpc) is 2.94. The first-order valence-electron chi connectivity index (χ1n) is 8.99. The van der Waals surface area contributed by atoms with Gasteiger partial charge in [-0.25, -0.2) is 4.79 Å². The molecular formula is C21H19BrN2O5. The van der Waals surface area contributed by atoms with Crippen LogP contribution in [0.2, 0.25) is 0 Å². The highest BCUT2D eigenvalue weighted by Crippen LogP contribution is 2.27. The second-order valence-electron chi connectivity index (χ2n) is 6.85. The van der Waals surface area contributed by atoms with E-state index in [1.807, 2.05) is 0 Å². The van der Waals surface area contributed by atoms with Crippen LogP contribution in [-0.4, -0.2) is 41.2 Å². The van der Waals surface area contributed by atoms with Crippen LogP contribution in [0.4, 0.5) is 5.69 Å². The minimum atomic E-state index is -1.13. The Labute approximate surface area is 176 Å². The van der Waals surface area contributed by atoms with E-state index in [9.17, 15) is 19.2 Å². The highest BCUT2D eigenvalue weighted by atomic mass is 79.9. The maximum Gasteiger partial charge on any atom is 0.330 e. The predicted molar refractivity (Wildman–Crippen MR) is 109 cm³/mol. The van der Waals surface area contributed by atoms with Crippen molar-refractivity contribution < 1.29 is 23.9 Å². The molecular weight excluding hydrogens is 440 g/mol. The molecule has 8 heteroatoms. The van der Waals surface area contributed by atoms with Gasteiger partial charge in [0.05, 0.1) is 16.8 Å². The van der Waals surface area contributed by atoms with Gasteiger partial charge in [-0.05, 0) is 46.1 Å². The molecule has 0 radical (unpaired) electrons. The summed E-state index contributed by atoms with van der Waals surface area (Å²) in [7, 11) is 0. The summed E-state index contributed by atoms with van der Waals surface area (Å²) in [6, 6.07) is 12.3. The number of rotatable bonds is 6. The molecule has 0 saturated heterocycles. The first-order valence-corrected chi connectivity index (χ1v) is 9.78. The molecule has 1 atom stereocenters. The molecule has 0 aliphatic carbocycles. The maximum atomic E-state index is 12.7. The fraction of sp³-hybridized carbons (Fsp3) is 0.238. The van der Waals surface area contributed by atoms with E-state index in [0.717, 1.165) is 4.90 Å². The Morgan fingerprint density at radius 1 is 1.00 bits per heavy atom. The van der Waals surface area contributed by atoms with E-state index in [0.29, 0.717) is 10.2 Å². The second kappa shape index (κ2) is 8.57. The second-order valence-corrected chi connectivity index (χ2v) is 7.70. The molecule has 29 heavy (non-hydrogen) atoms. The number of hydrogen-bond donors (Lipinski definition) is 1. The van der Waals surface area contributed by atoms with E-state index in [1.54, 1.807) is 62.4 Å². The quantitative estimate of drug-likeness (QED) is 0.529. The van der Waals surface area contributed by atoms with Crippen LogP contribution in [-0.2, 0) is 14.3 Å². The summed E-state index contributed by atoms with van der Waals surface area (Å²) >= 11 is 3.32. The Kier molecular flexibility index (Phi) is 6.12. The third-order valence-electron chi connectivity index (χ3n) is 4.47. The zero-order chi connectivity index (χ0) is 21.1. The average molecular weight is 459 g/mol. The number of nitrogens with zero attached hydrogens (tertiary/aromatic N) is 1. The van der Waals surface area contributed by atoms with Crippen LogP contribution in [0.5, 0.6) is 0 Å². The van der Waals surface area contributed by atoms with E-state index in [-0.39, 0.29) is 11.1 Å². The van der Waals surface area contributed by atoms with Gasteiger partial charge in [0.2, 0.25) is 0 Å². The number of imide groups is 1. The minimum Gasteiger partial charge on any atom is -0.454 e. The number of fused-ring (bicyclic) bond motifs is 1. The molecule has 1 aliphatic heterocycles. The fourth-order valence-corrected chi connectivity index (χ4v) is 3.49. The monoisotopic (exact) mass is 458 g/mol. The van der Waals surface area contributed by atoms with Crippen LogP contribution in [0.15, 0.2) is 53.0 Å². The fourth-order valence-electron chi connectivity index (χ4n) is 3.11. The van der Waals surface area contributed by atoms with E-state index in [4.69, 9.17) is 4.74 Å². The van der Waals surface area contributed by atoms with Crippen LogP contribution >= 0.6 is 15.9 Å². The molecule has 1 heterocycles.